The van der Waals surface area contributed by atoms with E-state index in [0.717, 1.165) is 32.6 Å². The van der Waals surface area contributed by atoms with E-state index in [2.05, 4.69) is 86.5 Å². The molecule has 116 valence electrons. The van der Waals surface area contributed by atoms with Crippen molar-refractivity contribution < 1.29 is 0 Å². The second-order valence-corrected chi connectivity index (χ2v) is 6.76. The molecule has 0 fully saturated rings. The fourth-order valence-corrected chi connectivity index (χ4v) is 3.93. The molecule has 0 radical (unpaired) electrons. The molecule has 3 nitrogen and oxygen atoms in total. The Bertz CT molecular complexity index is 1070. The van der Waals surface area contributed by atoms with Crippen LogP contribution >= 0.6 is 15.9 Å². The second-order valence-electron chi connectivity index (χ2n) is 5.91. The van der Waals surface area contributed by atoms with Gasteiger partial charge in [0.2, 0.25) is 0 Å². The third kappa shape index (κ3) is 1.93. The van der Waals surface area contributed by atoms with Gasteiger partial charge in [0.1, 0.15) is 12.0 Å². The number of rotatable bonds is 1. The Kier molecular flexibility index (Phi) is 3.00. The highest BCUT2D eigenvalue weighted by Crippen LogP contribution is 2.41. The lowest BCUT2D eigenvalue weighted by Crippen LogP contribution is -2.25. The summed E-state index contributed by atoms with van der Waals surface area (Å²) in [7, 11) is 0. The van der Waals surface area contributed by atoms with E-state index in [0.29, 0.717) is 0 Å². The van der Waals surface area contributed by atoms with Crippen molar-refractivity contribution in [3.05, 3.63) is 82.8 Å². The van der Waals surface area contributed by atoms with Crippen LogP contribution in [0.25, 0.3) is 22.4 Å². The monoisotopic (exact) mass is 375 g/mol. The molecule has 1 aliphatic rings. The summed E-state index contributed by atoms with van der Waals surface area (Å²) in [5.41, 5.74) is 5.59. The van der Waals surface area contributed by atoms with Gasteiger partial charge in [-0.1, -0.05) is 58.4 Å². The van der Waals surface area contributed by atoms with Crippen LogP contribution in [0.2, 0.25) is 0 Å². The average Bonchev–Trinajstić information content (AvgIpc) is 3.01. The lowest BCUT2D eigenvalue weighted by Gasteiger charge is -2.30. The molecule has 0 saturated heterocycles. The summed E-state index contributed by atoms with van der Waals surface area (Å²) in [4.78, 5) is 4.91. The number of aromatic nitrogens is 2. The minimum absolute atomic E-state index is 0.00197. The van der Waals surface area contributed by atoms with Gasteiger partial charge in [-0.15, -0.1) is 0 Å². The number of anilines is 1. The second kappa shape index (κ2) is 5.21. The Labute approximate surface area is 148 Å². The Balaban J connectivity index is 1.86. The molecular weight excluding hydrogens is 362 g/mol. The summed E-state index contributed by atoms with van der Waals surface area (Å²) in [6.07, 6.45) is -0.00197. The van der Waals surface area contributed by atoms with E-state index in [-0.39, 0.29) is 6.17 Å². The van der Waals surface area contributed by atoms with Crippen molar-refractivity contribution in [1.82, 2.24) is 9.55 Å². The number of nitrogens with one attached hydrogen (secondary N) is 1. The van der Waals surface area contributed by atoms with Crippen molar-refractivity contribution in [2.24, 2.45) is 0 Å². The zero-order valence-corrected chi connectivity index (χ0v) is 14.4. The predicted molar refractivity (Wildman–Crippen MR) is 101 cm³/mol. The van der Waals surface area contributed by atoms with Crippen molar-refractivity contribution in [1.29, 1.82) is 0 Å². The molecule has 4 heteroatoms. The average molecular weight is 376 g/mol. The Morgan fingerprint density at radius 3 is 2.54 bits per heavy atom. The molecule has 2 heterocycles. The van der Waals surface area contributed by atoms with E-state index in [9.17, 15) is 0 Å². The van der Waals surface area contributed by atoms with Crippen LogP contribution in [0, 0.1) is 0 Å². The smallest absolute Gasteiger partial charge is 0.145 e. The van der Waals surface area contributed by atoms with Crippen LogP contribution in [0.15, 0.2) is 77.3 Å². The number of fused-ring (bicyclic) bond motifs is 5. The summed E-state index contributed by atoms with van der Waals surface area (Å²) in [5, 5.41) is 3.68. The van der Waals surface area contributed by atoms with Gasteiger partial charge in [0.15, 0.2) is 0 Å². The normalized spacial score (nSPS) is 15.6. The third-order valence-corrected chi connectivity index (χ3v) is 5.24. The molecular formula is C20H14BrN3. The SMILES string of the molecule is Brc1ccccc1[C@H]1Nc2ccccc2-c2nc3ccccc3n21. The summed E-state index contributed by atoms with van der Waals surface area (Å²) in [6, 6.07) is 25.0. The van der Waals surface area contributed by atoms with E-state index in [1.54, 1.807) is 0 Å². The third-order valence-electron chi connectivity index (χ3n) is 4.51. The van der Waals surface area contributed by atoms with Gasteiger partial charge in [0, 0.05) is 21.3 Å². The Morgan fingerprint density at radius 1 is 0.875 bits per heavy atom. The fraction of sp³-hybridized carbons (Fsp3) is 0.0500. The number of nitrogens with zero attached hydrogens (tertiary/aromatic N) is 2. The zero-order valence-electron chi connectivity index (χ0n) is 12.8. The highest BCUT2D eigenvalue weighted by Gasteiger charge is 2.28. The number of imidazole rings is 1. The first kappa shape index (κ1) is 13.8. The number of para-hydroxylation sites is 3. The maximum absolute atomic E-state index is 4.91. The van der Waals surface area contributed by atoms with Gasteiger partial charge >= 0.3 is 0 Å². The van der Waals surface area contributed by atoms with Gasteiger partial charge in [0.05, 0.1) is 11.0 Å². The molecule has 4 aromatic rings. The summed E-state index contributed by atoms with van der Waals surface area (Å²) in [5.74, 6) is 1.01. The predicted octanol–water partition coefficient (Wildman–Crippen LogP) is 5.44. The van der Waals surface area contributed by atoms with Crippen LogP contribution in [0.3, 0.4) is 0 Å². The molecule has 24 heavy (non-hydrogen) atoms. The summed E-state index contributed by atoms with van der Waals surface area (Å²) in [6.45, 7) is 0. The lowest BCUT2D eigenvalue weighted by atomic mass is 10.1. The van der Waals surface area contributed by atoms with E-state index in [4.69, 9.17) is 4.98 Å². The molecule has 0 spiro atoms. The quantitative estimate of drug-likeness (QED) is 0.480. The zero-order chi connectivity index (χ0) is 16.1. The maximum Gasteiger partial charge on any atom is 0.145 e. The molecule has 1 atom stereocenters. The Hall–Kier alpha value is -2.59. The first-order valence-corrected chi connectivity index (χ1v) is 8.69. The van der Waals surface area contributed by atoms with Crippen LogP contribution < -0.4 is 5.32 Å². The van der Waals surface area contributed by atoms with Crippen LogP contribution in [0.5, 0.6) is 0 Å². The minimum atomic E-state index is -0.00197. The minimum Gasteiger partial charge on any atom is -0.360 e. The van der Waals surface area contributed by atoms with Gasteiger partial charge in [-0.25, -0.2) is 4.98 Å². The standard InChI is InChI=1S/C20H14BrN3/c21-15-9-3-1-7-13(15)19-22-16-10-4-2-8-14(16)20-23-17-11-5-6-12-18(17)24(19)20/h1-12,19,22H/t19-/m0/s1. The van der Waals surface area contributed by atoms with Gasteiger partial charge in [-0.3, -0.25) is 4.57 Å². The molecule has 1 aliphatic heterocycles. The maximum atomic E-state index is 4.91. The van der Waals surface area contributed by atoms with Crippen LogP contribution in [0.4, 0.5) is 5.69 Å². The molecule has 1 N–H and O–H groups in total. The first-order chi connectivity index (χ1) is 11.8. The lowest BCUT2D eigenvalue weighted by molar-refractivity contribution is 0.666. The highest BCUT2D eigenvalue weighted by atomic mass is 79.9. The highest BCUT2D eigenvalue weighted by molar-refractivity contribution is 9.10. The van der Waals surface area contributed by atoms with Crippen molar-refractivity contribution in [3.63, 3.8) is 0 Å². The first-order valence-electron chi connectivity index (χ1n) is 7.90. The van der Waals surface area contributed by atoms with E-state index in [1.165, 1.54) is 5.56 Å². The van der Waals surface area contributed by atoms with E-state index in [1.807, 2.05) is 12.1 Å². The van der Waals surface area contributed by atoms with Gasteiger partial charge in [-0.05, 0) is 30.3 Å². The van der Waals surface area contributed by atoms with Crippen LogP contribution in [-0.2, 0) is 0 Å². The largest absolute Gasteiger partial charge is 0.360 e. The van der Waals surface area contributed by atoms with Crippen LogP contribution in [0.1, 0.15) is 11.7 Å². The topological polar surface area (TPSA) is 29.9 Å². The van der Waals surface area contributed by atoms with E-state index >= 15 is 0 Å². The molecule has 0 unspecified atom stereocenters. The number of halogens is 1. The molecule has 5 rings (SSSR count). The van der Waals surface area contributed by atoms with Crippen molar-refractivity contribution in [2.45, 2.75) is 6.17 Å². The van der Waals surface area contributed by atoms with E-state index < -0.39 is 0 Å². The number of hydrogen-bond acceptors (Lipinski definition) is 2. The fourth-order valence-electron chi connectivity index (χ4n) is 3.43. The van der Waals surface area contributed by atoms with Crippen molar-refractivity contribution >= 4 is 32.7 Å². The molecule has 1 aromatic heterocycles. The molecule has 0 bridgehead atoms. The number of hydrogen-bond donors (Lipinski definition) is 1. The van der Waals surface area contributed by atoms with Crippen molar-refractivity contribution in [2.75, 3.05) is 5.32 Å². The van der Waals surface area contributed by atoms with Gasteiger partial charge < -0.3 is 5.32 Å². The molecule has 0 saturated carbocycles. The molecule has 0 aliphatic carbocycles. The van der Waals surface area contributed by atoms with Gasteiger partial charge in [-0.2, -0.15) is 0 Å². The molecule has 0 amide bonds. The summed E-state index contributed by atoms with van der Waals surface area (Å²) < 4.78 is 3.38. The van der Waals surface area contributed by atoms with Crippen molar-refractivity contribution in [3.8, 4) is 11.4 Å². The Morgan fingerprint density at radius 2 is 1.62 bits per heavy atom. The van der Waals surface area contributed by atoms with Gasteiger partial charge in [0.25, 0.3) is 0 Å². The molecule has 3 aromatic carbocycles. The van der Waals surface area contributed by atoms with Crippen LogP contribution in [-0.4, -0.2) is 9.55 Å². The summed E-state index contributed by atoms with van der Waals surface area (Å²) >= 11 is 3.70. The number of benzene rings is 3.